The van der Waals surface area contributed by atoms with Gasteiger partial charge in [0.1, 0.15) is 6.54 Å². The number of aromatic nitrogens is 2. The molecule has 1 aromatic heterocycles. The van der Waals surface area contributed by atoms with Crippen molar-refractivity contribution in [1.29, 1.82) is 0 Å². The number of hydrogen-bond donors (Lipinski definition) is 2. The van der Waals surface area contributed by atoms with E-state index in [1.165, 1.54) is 0 Å². The molecule has 24 heavy (non-hydrogen) atoms. The Hall–Kier alpha value is -3.15. The fourth-order valence-electron chi connectivity index (χ4n) is 2.60. The molecule has 0 unspecified atom stereocenters. The summed E-state index contributed by atoms with van der Waals surface area (Å²) in [7, 11) is 0. The number of H-pyrrole nitrogens is 1. The molecule has 0 bridgehead atoms. The van der Waals surface area contributed by atoms with Crippen LogP contribution in [0.15, 0.2) is 64.2 Å². The SMILES string of the molecule is C[C@H](NC(=O)Cn1c(=O)[nH]c2ccccc2c1=O)c1ccccc1. The molecule has 0 radical (unpaired) electrons. The third-order valence-electron chi connectivity index (χ3n) is 3.87. The van der Waals surface area contributed by atoms with Gasteiger partial charge in [-0.25, -0.2) is 4.79 Å². The lowest BCUT2D eigenvalue weighted by Gasteiger charge is -2.14. The average Bonchev–Trinajstić information content (AvgIpc) is 2.59. The molecule has 3 aromatic rings. The fourth-order valence-corrected chi connectivity index (χ4v) is 2.60. The van der Waals surface area contributed by atoms with Crippen LogP contribution in [0.25, 0.3) is 10.9 Å². The van der Waals surface area contributed by atoms with Gasteiger partial charge >= 0.3 is 5.69 Å². The highest BCUT2D eigenvalue weighted by atomic mass is 16.2. The van der Waals surface area contributed by atoms with Gasteiger partial charge in [-0.05, 0) is 24.6 Å². The molecular formula is C18H17N3O3. The molecule has 6 heteroatoms. The maximum atomic E-state index is 12.4. The Morgan fingerprint density at radius 3 is 2.50 bits per heavy atom. The third-order valence-corrected chi connectivity index (χ3v) is 3.87. The minimum atomic E-state index is -0.596. The van der Waals surface area contributed by atoms with Crippen molar-refractivity contribution < 1.29 is 4.79 Å². The van der Waals surface area contributed by atoms with Crippen molar-refractivity contribution in [2.75, 3.05) is 0 Å². The summed E-state index contributed by atoms with van der Waals surface area (Å²) in [5, 5.41) is 3.17. The Labute approximate surface area is 137 Å². The van der Waals surface area contributed by atoms with Crippen molar-refractivity contribution in [3.63, 3.8) is 0 Å². The van der Waals surface area contributed by atoms with Crippen LogP contribution in [-0.2, 0) is 11.3 Å². The molecule has 122 valence electrons. The van der Waals surface area contributed by atoms with E-state index in [9.17, 15) is 14.4 Å². The maximum absolute atomic E-state index is 12.4. The first kappa shape index (κ1) is 15.7. The van der Waals surface area contributed by atoms with Gasteiger partial charge in [-0.1, -0.05) is 42.5 Å². The lowest BCUT2D eigenvalue weighted by atomic mass is 10.1. The molecule has 2 aromatic carbocycles. The van der Waals surface area contributed by atoms with E-state index >= 15 is 0 Å². The lowest BCUT2D eigenvalue weighted by molar-refractivity contribution is -0.122. The van der Waals surface area contributed by atoms with E-state index in [-0.39, 0.29) is 12.6 Å². The smallest absolute Gasteiger partial charge is 0.329 e. The largest absolute Gasteiger partial charge is 0.348 e. The summed E-state index contributed by atoms with van der Waals surface area (Å²) in [6.45, 7) is 1.52. The molecule has 0 saturated heterocycles. The zero-order valence-electron chi connectivity index (χ0n) is 13.2. The Morgan fingerprint density at radius 1 is 1.08 bits per heavy atom. The van der Waals surface area contributed by atoms with Crippen molar-refractivity contribution >= 4 is 16.8 Å². The quantitative estimate of drug-likeness (QED) is 0.764. The summed E-state index contributed by atoms with van der Waals surface area (Å²) in [6, 6.07) is 16.0. The highest BCUT2D eigenvalue weighted by Gasteiger charge is 2.13. The first-order valence-corrected chi connectivity index (χ1v) is 7.62. The van der Waals surface area contributed by atoms with Crippen molar-refractivity contribution in [3.05, 3.63) is 81.0 Å². The van der Waals surface area contributed by atoms with E-state index < -0.39 is 17.2 Å². The van der Waals surface area contributed by atoms with Gasteiger partial charge in [0, 0.05) is 0 Å². The molecule has 0 fully saturated rings. The second-order valence-corrected chi connectivity index (χ2v) is 5.57. The van der Waals surface area contributed by atoms with Crippen LogP contribution in [-0.4, -0.2) is 15.5 Å². The maximum Gasteiger partial charge on any atom is 0.329 e. The summed E-state index contributed by atoms with van der Waals surface area (Å²) in [5.74, 6) is -0.394. The number of para-hydroxylation sites is 1. The van der Waals surface area contributed by atoms with Gasteiger partial charge in [0.15, 0.2) is 0 Å². The standard InChI is InChI=1S/C18H17N3O3/c1-12(13-7-3-2-4-8-13)19-16(22)11-21-17(23)14-9-5-6-10-15(14)20-18(21)24/h2-10,12H,11H2,1H3,(H,19,22)(H,20,24)/t12-/m0/s1. The second kappa shape index (κ2) is 6.54. The highest BCUT2D eigenvalue weighted by Crippen LogP contribution is 2.10. The van der Waals surface area contributed by atoms with E-state index in [0.29, 0.717) is 10.9 Å². The number of nitrogens with one attached hydrogen (secondary N) is 2. The van der Waals surface area contributed by atoms with Gasteiger partial charge in [0.05, 0.1) is 16.9 Å². The van der Waals surface area contributed by atoms with Crippen molar-refractivity contribution in [2.24, 2.45) is 0 Å². The molecule has 0 saturated carbocycles. The average molecular weight is 323 g/mol. The number of carbonyl (C=O) groups excluding carboxylic acids is 1. The van der Waals surface area contributed by atoms with E-state index in [1.807, 2.05) is 37.3 Å². The first-order chi connectivity index (χ1) is 11.6. The van der Waals surface area contributed by atoms with Crippen LogP contribution in [0.1, 0.15) is 18.5 Å². The van der Waals surface area contributed by atoms with Gasteiger partial charge in [0.25, 0.3) is 5.56 Å². The van der Waals surface area contributed by atoms with Crippen molar-refractivity contribution in [3.8, 4) is 0 Å². The van der Waals surface area contributed by atoms with Crippen LogP contribution in [0.4, 0.5) is 0 Å². The van der Waals surface area contributed by atoms with Crippen LogP contribution in [0.5, 0.6) is 0 Å². The number of amides is 1. The van der Waals surface area contributed by atoms with Crippen LogP contribution < -0.4 is 16.6 Å². The monoisotopic (exact) mass is 323 g/mol. The summed E-state index contributed by atoms with van der Waals surface area (Å²) < 4.78 is 0.912. The third kappa shape index (κ3) is 3.12. The van der Waals surface area contributed by atoms with Crippen molar-refractivity contribution in [2.45, 2.75) is 19.5 Å². The van der Waals surface area contributed by atoms with E-state index in [2.05, 4.69) is 10.3 Å². The van der Waals surface area contributed by atoms with Gasteiger partial charge in [-0.3, -0.25) is 14.2 Å². The number of rotatable bonds is 4. The number of hydrogen-bond acceptors (Lipinski definition) is 3. The minimum absolute atomic E-state index is 0.214. The van der Waals surface area contributed by atoms with E-state index in [0.717, 1.165) is 10.1 Å². The van der Waals surface area contributed by atoms with Crippen LogP contribution >= 0.6 is 0 Å². The highest BCUT2D eigenvalue weighted by molar-refractivity contribution is 5.79. The Morgan fingerprint density at radius 2 is 1.75 bits per heavy atom. The molecular weight excluding hydrogens is 306 g/mol. The van der Waals surface area contributed by atoms with Gasteiger partial charge in [0.2, 0.25) is 5.91 Å². The number of benzene rings is 2. The molecule has 0 aliphatic carbocycles. The molecule has 1 atom stereocenters. The predicted molar refractivity (Wildman–Crippen MR) is 91.8 cm³/mol. The van der Waals surface area contributed by atoms with Crippen LogP contribution in [0.3, 0.4) is 0 Å². The number of carbonyl (C=O) groups is 1. The van der Waals surface area contributed by atoms with Gasteiger partial charge < -0.3 is 10.3 Å². The summed E-state index contributed by atoms with van der Waals surface area (Å²) in [4.78, 5) is 39.3. The topological polar surface area (TPSA) is 84.0 Å². The van der Waals surface area contributed by atoms with Crippen molar-refractivity contribution in [1.82, 2.24) is 14.9 Å². The molecule has 2 N–H and O–H groups in total. The van der Waals surface area contributed by atoms with Gasteiger partial charge in [-0.2, -0.15) is 0 Å². The predicted octanol–water partition coefficient (Wildman–Crippen LogP) is 1.57. The van der Waals surface area contributed by atoms with Crippen LogP contribution in [0, 0.1) is 0 Å². The van der Waals surface area contributed by atoms with E-state index in [1.54, 1.807) is 24.3 Å². The molecule has 6 nitrogen and oxygen atoms in total. The Balaban J connectivity index is 1.83. The number of nitrogens with zero attached hydrogens (tertiary/aromatic N) is 1. The van der Waals surface area contributed by atoms with Gasteiger partial charge in [-0.15, -0.1) is 0 Å². The molecule has 3 rings (SSSR count). The number of aromatic amines is 1. The fraction of sp³-hybridized carbons (Fsp3) is 0.167. The molecule has 0 aliphatic heterocycles. The summed E-state index contributed by atoms with van der Waals surface area (Å²) in [6.07, 6.45) is 0. The summed E-state index contributed by atoms with van der Waals surface area (Å²) >= 11 is 0. The zero-order valence-corrected chi connectivity index (χ0v) is 13.2. The van der Waals surface area contributed by atoms with E-state index in [4.69, 9.17) is 0 Å². The molecule has 0 spiro atoms. The second-order valence-electron chi connectivity index (χ2n) is 5.57. The minimum Gasteiger partial charge on any atom is -0.348 e. The molecule has 1 heterocycles. The first-order valence-electron chi connectivity index (χ1n) is 7.62. The normalized spacial score (nSPS) is 12.0. The molecule has 1 amide bonds. The lowest BCUT2D eigenvalue weighted by Crippen LogP contribution is -2.41. The summed E-state index contributed by atoms with van der Waals surface area (Å²) in [5.41, 5.74) is 0.338. The Kier molecular flexibility index (Phi) is 4.29. The molecule has 0 aliphatic rings. The van der Waals surface area contributed by atoms with Crippen LogP contribution in [0.2, 0.25) is 0 Å². The Bertz CT molecular complexity index is 990. The number of fused-ring (bicyclic) bond motifs is 1. The zero-order chi connectivity index (χ0) is 17.1.